The number of fused-ring (bicyclic) bond motifs is 1. The zero-order valence-corrected chi connectivity index (χ0v) is 12.9. The average molecular weight is 313 g/mol. The standard InChI is InChI=1S/C16H16FN5O/c1-8-15(11-6-5-10(17)16(18)20-11)22-13(19-8)7-12(23-2)14(21-22)9-3-4-9/h5-7,9H,3-4H2,1-2H3,(H2,18,20). The van der Waals surface area contributed by atoms with Gasteiger partial charge in [-0.25, -0.2) is 18.9 Å². The maximum Gasteiger partial charge on any atom is 0.165 e. The Labute approximate surface area is 132 Å². The van der Waals surface area contributed by atoms with Gasteiger partial charge in [-0.15, -0.1) is 0 Å². The molecule has 23 heavy (non-hydrogen) atoms. The Kier molecular flexibility index (Phi) is 2.97. The van der Waals surface area contributed by atoms with E-state index in [-0.39, 0.29) is 5.82 Å². The number of halogens is 1. The molecule has 0 spiro atoms. The highest BCUT2D eigenvalue weighted by atomic mass is 19.1. The number of nitrogens with two attached hydrogens (primary N) is 1. The van der Waals surface area contributed by atoms with Crippen LogP contribution in [0.1, 0.15) is 30.1 Å². The SMILES string of the molecule is COc1cc2nc(C)c(-c3ccc(F)c(N)n3)n2nc1C1CC1. The molecule has 0 saturated heterocycles. The first-order chi connectivity index (χ1) is 11.1. The number of nitrogen functional groups attached to an aromatic ring is 1. The van der Waals surface area contributed by atoms with Crippen molar-refractivity contribution in [3.05, 3.63) is 35.4 Å². The number of methoxy groups -OCH3 is 1. The highest BCUT2D eigenvalue weighted by Crippen LogP contribution is 2.43. The minimum absolute atomic E-state index is 0.132. The smallest absolute Gasteiger partial charge is 0.165 e. The predicted octanol–water partition coefficient (Wildman–Crippen LogP) is 2.71. The molecule has 0 amide bonds. The molecule has 0 bridgehead atoms. The molecule has 2 N–H and O–H groups in total. The highest BCUT2D eigenvalue weighted by molar-refractivity contribution is 5.65. The summed E-state index contributed by atoms with van der Waals surface area (Å²) in [6, 6.07) is 4.77. The molecule has 7 heteroatoms. The lowest BCUT2D eigenvalue weighted by atomic mass is 10.2. The minimum atomic E-state index is -0.534. The van der Waals surface area contributed by atoms with Crippen molar-refractivity contribution in [3.8, 4) is 17.1 Å². The van der Waals surface area contributed by atoms with Crippen LogP contribution in [0, 0.1) is 12.7 Å². The van der Waals surface area contributed by atoms with Gasteiger partial charge < -0.3 is 10.5 Å². The van der Waals surface area contributed by atoms with Crippen LogP contribution in [0.25, 0.3) is 17.0 Å². The summed E-state index contributed by atoms with van der Waals surface area (Å²) in [4.78, 5) is 8.65. The molecule has 1 saturated carbocycles. The number of hydrogen-bond acceptors (Lipinski definition) is 5. The Balaban J connectivity index is 1.97. The molecular formula is C16H16FN5O. The molecule has 1 aliphatic rings. The Bertz CT molecular complexity index is 916. The number of imidazole rings is 1. The molecule has 1 fully saturated rings. The zero-order valence-electron chi connectivity index (χ0n) is 12.9. The Morgan fingerprint density at radius 1 is 1.30 bits per heavy atom. The molecule has 0 aliphatic heterocycles. The van der Waals surface area contributed by atoms with E-state index in [0.29, 0.717) is 17.3 Å². The average Bonchev–Trinajstić information content (AvgIpc) is 3.32. The molecule has 118 valence electrons. The van der Waals surface area contributed by atoms with Crippen LogP contribution in [0.15, 0.2) is 18.2 Å². The van der Waals surface area contributed by atoms with Crippen LogP contribution >= 0.6 is 0 Å². The van der Waals surface area contributed by atoms with Gasteiger partial charge in [0.25, 0.3) is 0 Å². The Hall–Kier alpha value is -2.70. The second-order valence-electron chi connectivity index (χ2n) is 5.75. The Morgan fingerprint density at radius 3 is 2.74 bits per heavy atom. The first-order valence-electron chi connectivity index (χ1n) is 7.45. The van der Waals surface area contributed by atoms with Gasteiger partial charge in [0.2, 0.25) is 0 Å². The van der Waals surface area contributed by atoms with Gasteiger partial charge in [-0.1, -0.05) is 0 Å². The van der Waals surface area contributed by atoms with Gasteiger partial charge in [-0.05, 0) is 31.9 Å². The van der Waals surface area contributed by atoms with Crippen LogP contribution < -0.4 is 10.5 Å². The number of anilines is 1. The fourth-order valence-corrected chi connectivity index (χ4v) is 2.77. The van der Waals surface area contributed by atoms with Gasteiger partial charge in [-0.2, -0.15) is 5.10 Å². The Morgan fingerprint density at radius 2 is 2.09 bits per heavy atom. The van der Waals surface area contributed by atoms with E-state index < -0.39 is 5.82 Å². The summed E-state index contributed by atoms with van der Waals surface area (Å²) in [5.41, 5.74) is 9.22. The predicted molar refractivity (Wildman–Crippen MR) is 83.9 cm³/mol. The molecule has 0 radical (unpaired) electrons. The first kappa shape index (κ1) is 13.9. The topological polar surface area (TPSA) is 78.3 Å². The van der Waals surface area contributed by atoms with E-state index in [0.717, 1.165) is 35.7 Å². The summed E-state index contributed by atoms with van der Waals surface area (Å²) < 4.78 is 20.6. The van der Waals surface area contributed by atoms with Crippen LogP contribution in [0.4, 0.5) is 10.2 Å². The summed E-state index contributed by atoms with van der Waals surface area (Å²) in [5, 5.41) is 4.71. The van der Waals surface area contributed by atoms with Gasteiger partial charge in [0.15, 0.2) is 17.3 Å². The number of rotatable bonds is 3. The van der Waals surface area contributed by atoms with Gasteiger partial charge in [0, 0.05) is 12.0 Å². The van der Waals surface area contributed by atoms with Crippen LogP contribution in [0.3, 0.4) is 0 Å². The van der Waals surface area contributed by atoms with E-state index in [1.54, 1.807) is 17.7 Å². The summed E-state index contributed by atoms with van der Waals surface area (Å²) in [6.45, 7) is 1.87. The number of nitrogens with zero attached hydrogens (tertiary/aromatic N) is 4. The van der Waals surface area contributed by atoms with Gasteiger partial charge in [-0.3, -0.25) is 0 Å². The van der Waals surface area contributed by atoms with Gasteiger partial charge >= 0.3 is 0 Å². The summed E-state index contributed by atoms with van der Waals surface area (Å²) in [5.74, 6) is 0.514. The van der Waals surface area contributed by atoms with Crippen molar-refractivity contribution in [2.75, 3.05) is 12.8 Å². The monoisotopic (exact) mass is 313 g/mol. The number of ether oxygens (including phenoxy) is 1. The van der Waals surface area contributed by atoms with Gasteiger partial charge in [0.1, 0.15) is 17.1 Å². The lowest BCUT2D eigenvalue weighted by Crippen LogP contribution is -2.04. The number of pyridine rings is 1. The lowest BCUT2D eigenvalue weighted by Gasteiger charge is -2.09. The maximum atomic E-state index is 13.4. The second kappa shape index (κ2) is 4.91. The van der Waals surface area contributed by atoms with Crippen LogP contribution in [-0.2, 0) is 0 Å². The van der Waals surface area contributed by atoms with Crippen LogP contribution in [0.5, 0.6) is 5.75 Å². The van der Waals surface area contributed by atoms with E-state index in [1.807, 2.05) is 13.0 Å². The number of hydrogen-bond donors (Lipinski definition) is 1. The van der Waals surface area contributed by atoms with E-state index in [2.05, 4.69) is 9.97 Å². The summed E-state index contributed by atoms with van der Waals surface area (Å²) >= 11 is 0. The van der Waals surface area contributed by atoms with E-state index >= 15 is 0 Å². The normalized spacial score (nSPS) is 14.4. The number of aryl methyl sites for hydroxylation is 1. The first-order valence-corrected chi connectivity index (χ1v) is 7.45. The minimum Gasteiger partial charge on any atom is -0.495 e. The maximum absolute atomic E-state index is 13.4. The van der Waals surface area contributed by atoms with Crippen molar-refractivity contribution in [2.45, 2.75) is 25.7 Å². The molecule has 4 rings (SSSR count). The molecule has 1 aliphatic carbocycles. The van der Waals surface area contributed by atoms with Crippen molar-refractivity contribution < 1.29 is 9.13 Å². The lowest BCUT2D eigenvalue weighted by molar-refractivity contribution is 0.405. The number of aromatic nitrogens is 4. The molecule has 0 atom stereocenters. The van der Waals surface area contributed by atoms with Crippen molar-refractivity contribution >= 4 is 11.5 Å². The molecular weight excluding hydrogens is 297 g/mol. The van der Waals surface area contributed by atoms with E-state index in [1.165, 1.54) is 6.07 Å². The quantitative estimate of drug-likeness (QED) is 0.804. The van der Waals surface area contributed by atoms with Crippen molar-refractivity contribution in [3.63, 3.8) is 0 Å². The zero-order chi connectivity index (χ0) is 16.1. The van der Waals surface area contributed by atoms with Crippen LogP contribution in [0.2, 0.25) is 0 Å². The highest BCUT2D eigenvalue weighted by Gasteiger charge is 2.30. The van der Waals surface area contributed by atoms with Crippen molar-refractivity contribution in [1.82, 2.24) is 19.6 Å². The van der Waals surface area contributed by atoms with E-state index in [9.17, 15) is 4.39 Å². The summed E-state index contributed by atoms with van der Waals surface area (Å²) in [6.07, 6.45) is 2.22. The molecule has 3 heterocycles. The molecule has 3 aromatic heterocycles. The third-order valence-electron chi connectivity index (χ3n) is 4.07. The van der Waals surface area contributed by atoms with Gasteiger partial charge in [0.05, 0.1) is 18.5 Å². The fourth-order valence-electron chi connectivity index (χ4n) is 2.77. The third kappa shape index (κ3) is 2.19. The molecule has 0 aromatic carbocycles. The largest absolute Gasteiger partial charge is 0.495 e. The second-order valence-corrected chi connectivity index (χ2v) is 5.75. The van der Waals surface area contributed by atoms with E-state index in [4.69, 9.17) is 15.6 Å². The molecule has 3 aromatic rings. The fraction of sp³-hybridized carbons (Fsp3) is 0.312. The van der Waals surface area contributed by atoms with Crippen LogP contribution in [-0.4, -0.2) is 26.7 Å². The third-order valence-corrected chi connectivity index (χ3v) is 4.07. The van der Waals surface area contributed by atoms with Crippen molar-refractivity contribution in [2.24, 2.45) is 0 Å². The summed E-state index contributed by atoms with van der Waals surface area (Å²) in [7, 11) is 1.64. The molecule has 6 nitrogen and oxygen atoms in total. The molecule has 0 unspecified atom stereocenters. The van der Waals surface area contributed by atoms with Crippen molar-refractivity contribution in [1.29, 1.82) is 0 Å².